The second kappa shape index (κ2) is 6.65. The van der Waals surface area contributed by atoms with E-state index in [1.165, 1.54) is 24.7 Å². The lowest BCUT2D eigenvalue weighted by atomic mass is 9.90. The molecule has 32 heavy (non-hydrogen) atoms. The maximum atomic E-state index is 13.1. The molecule has 0 atom stereocenters. The van der Waals surface area contributed by atoms with Crippen molar-refractivity contribution < 1.29 is 23.4 Å². The van der Waals surface area contributed by atoms with Gasteiger partial charge in [0, 0.05) is 53.2 Å². The summed E-state index contributed by atoms with van der Waals surface area (Å²) in [4.78, 5) is 24.1. The number of hydrogen-bond donors (Lipinski definition) is 1. The van der Waals surface area contributed by atoms with Crippen molar-refractivity contribution in [1.29, 1.82) is 0 Å². The van der Waals surface area contributed by atoms with Crippen LogP contribution in [0.25, 0.3) is 22.4 Å². The number of carboxylic acids is 1. The van der Waals surface area contributed by atoms with Gasteiger partial charge in [0.05, 0.1) is 25.0 Å². The van der Waals surface area contributed by atoms with E-state index in [0.717, 1.165) is 29.5 Å². The van der Waals surface area contributed by atoms with E-state index in [4.69, 9.17) is 4.74 Å². The lowest BCUT2D eigenvalue weighted by Gasteiger charge is -2.36. The van der Waals surface area contributed by atoms with Gasteiger partial charge in [0.2, 0.25) is 0 Å². The molecule has 1 aliphatic carbocycles. The van der Waals surface area contributed by atoms with Crippen LogP contribution >= 0.6 is 0 Å². The number of hydrogen-bond acceptors (Lipinski definition) is 5. The van der Waals surface area contributed by atoms with Crippen LogP contribution < -0.4 is 15.2 Å². The molecule has 0 bridgehead atoms. The summed E-state index contributed by atoms with van der Waals surface area (Å²) in [5, 5.41) is 15.3. The number of fused-ring (bicyclic) bond motifs is 5. The van der Waals surface area contributed by atoms with Crippen LogP contribution in [-0.2, 0) is 13.0 Å². The molecule has 4 heterocycles. The first kappa shape index (κ1) is 19.0. The Labute approximate surface area is 180 Å². The Morgan fingerprint density at radius 3 is 2.75 bits per heavy atom. The zero-order valence-corrected chi connectivity index (χ0v) is 16.8. The number of aromatic nitrogens is 3. The van der Waals surface area contributed by atoms with Gasteiger partial charge in [-0.2, -0.15) is 13.9 Å². The van der Waals surface area contributed by atoms with Crippen LogP contribution in [0.4, 0.5) is 8.78 Å². The Balaban J connectivity index is 1.59. The first-order chi connectivity index (χ1) is 15.4. The molecule has 10 heteroatoms. The van der Waals surface area contributed by atoms with E-state index in [1.54, 1.807) is 4.68 Å². The van der Waals surface area contributed by atoms with Crippen LogP contribution in [0.2, 0.25) is 0 Å². The molecule has 3 aliphatic rings. The highest BCUT2D eigenvalue weighted by atomic mass is 19.3. The molecule has 8 nitrogen and oxygen atoms in total. The Hall–Kier alpha value is -3.69. The quantitative estimate of drug-likeness (QED) is 0.671. The number of nitrogens with zero attached hydrogens (tertiary/aromatic N) is 4. The van der Waals surface area contributed by atoms with Crippen molar-refractivity contribution in [3.63, 3.8) is 0 Å². The normalized spacial score (nSPS) is 16.5. The summed E-state index contributed by atoms with van der Waals surface area (Å²) in [5.41, 5.74) is 3.73. The molecule has 2 aromatic heterocycles. The van der Waals surface area contributed by atoms with Crippen LogP contribution in [0.3, 0.4) is 0 Å². The molecule has 0 unspecified atom stereocenters. The van der Waals surface area contributed by atoms with E-state index < -0.39 is 17.9 Å². The predicted molar refractivity (Wildman–Crippen MR) is 110 cm³/mol. The third kappa shape index (κ3) is 2.75. The molecule has 164 valence electrons. The summed E-state index contributed by atoms with van der Waals surface area (Å²) in [6.45, 7) is -1.79. The minimum absolute atomic E-state index is 0.251. The molecule has 0 radical (unpaired) electrons. The minimum Gasteiger partial charge on any atom is -0.492 e. The Bertz CT molecular complexity index is 1340. The van der Waals surface area contributed by atoms with Gasteiger partial charge in [0.1, 0.15) is 11.3 Å². The number of rotatable bonds is 4. The molecule has 1 saturated carbocycles. The van der Waals surface area contributed by atoms with E-state index >= 15 is 0 Å². The fourth-order valence-electron chi connectivity index (χ4n) is 4.69. The summed E-state index contributed by atoms with van der Waals surface area (Å²) in [6.07, 6.45) is 6.66. The topological polar surface area (TPSA) is 89.6 Å². The first-order valence-electron chi connectivity index (χ1n) is 10.3. The second-order valence-corrected chi connectivity index (χ2v) is 8.27. The zero-order chi connectivity index (χ0) is 22.1. The van der Waals surface area contributed by atoms with E-state index in [1.807, 2.05) is 6.07 Å². The van der Waals surface area contributed by atoms with Crippen LogP contribution in [0.15, 0.2) is 35.5 Å². The van der Waals surface area contributed by atoms with Crippen molar-refractivity contribution in [3.05, 3.63) is 57.6 Å². The number of carboxylic acid groups (broad SMARTS) is 1. The highest BCUT2D eigenvalue weighted by Gasteiger charge is 2.37. The molecular formula is C22H18F2N4O4. The van der Waals surface area contributed by atoms with E-state index in [2.05, 4.69) is 10.1 Å². The Morgan fingerprint density at radius 1 is 1.25 bits per heavy atom. The molecule has 6 rings (SSSR count). The fraction of sp³-hybridized carbons (Fsp3) is 0.318. The summed E-state index contributed by atoms with van der Waals surface area (Å²) in [5.74, 6) is -0.662. The van der Waals surface area contributed by atoms with Crippen molar-refractivity contribution in [3.8, 4) is 28.1 Å². The highest BCUT2D eigenvalue weighted by molar-refractivity contribution is 5.89. The number of ether oxygens (including phenoxy) is 1. The van der Waals surface area contributed by atoms with E-state index in [-0.39, 0.29) is 11.6 Å². The molecule has 0 saturated heterocycles. The van der Waals surface area contributed by atoms with Gasteiger partial charge in [-0.25, -0.2) is 9.48 Å². The fourth-order valence-corrected chi connectivity index (χ4v) is 4.69. The molecule has 1 fully saturated rings. The standard InChI is InChI=1S/C22H18F2N4O4/c23-22(24)26-8-12(7-25-26)15-5-11-9-27(13-1-2-13)28-10-16(21(30)31)18(29)6-17(28)19(11)14-3-4-32-20(14)15/h5-8,10,13,22H,1-4,9H2,(H,30,31). The van der Waals surface area contributed by atoms with Crippen molar-refractivity contribution >= 4 is 5.97 Å². The minimum atomic E-state index is -2.73. The zero-order valence-electron chi connectivity index (χ0n) is 16.8. The third-order valence-electron chi connectivity index (χ3n) is 6.27. The van der Waals surface area contributed by atoms with Crippen LogP contribution in [0.1, 0.15) is 40.9 Å². The Kier molecular flexibility index (Phi) is 3.96. The summed E-state index contributed by atoms with van der Waals surface area (Å²) < 4.78 is 34.4. The molecule has 0 spiro atoms. The maximum Gasteiger partial charge on any atom is 0.341 e. The largest absolute Gasteiger partial charge is 0.492 e. The van der Waals surface area contributed by atoms with E-state index in [0.29, 0.717) is 46.8 Å². The SMILES string of the molecule is O=C(O)c1cn2c(cc1=O)-c1c(cc(-c3cnn(C(F)F)c3)c3c1CCO3)CN2C1CC1. The molecule has 1 N–H and O–H groups in total. The van der Waals surface area contributed by atoms with Gasteiger partial charge in [-0.05, 0) is 24.5 Å². The van der Waals surface area contributed by atoms with Crippen LogP contribution in [0.5, 0.6) is 5.75 Å². The first-order valence-corrected chi connectivity index (χ1v) is 10.3. The average molecular weight is 440 g/mol. The third-order valence-corrected chi connectivity index (χ3v) is 6.27. The average Bonchev–Trinajstić information content (AvgIpc) is 3.27. The molecule has 0 amide bonds. The van der Waals surface area contributed by atoms with Gasteiger partial charge < -0.3 is 14.9 Å². The van der Waals surface area contributed by atoms with Crippen LogP contribution in [0, 0.1) is 0 Å². The predicted octanol–water partition coefficient (Wildman–Crippen LogP) is 3.02. The van der Waals surface area contributed by atoms with Crippen molar-refractivity contribution in [2.45, 2.75) is 38.4 Å². The van der Waals surface area contributed by atoms with Gasteiger partial charge in [0.15, 0.2) is 5.43 Å². The van der Waals surface area contributed by atoms with Crippen molar-refractivity contribution in [1.82, 2.24) is 14.5 Å². The summed E-state index contributed by atoms with van der Waals surface area (Å²) >= 11 is 0. The Morgan fingerprint density at radius 2 is 2.06 bits per heavy atom. The number of carbonyl (C=O) groups is 1. The molecular weight excluding hydrogens is 422 g/mol. The van der Waals surface area contributed by atoms with Gasteiger partial charge in [-0.3, -0.25) is 9.47 Å². The number of aromatic carboxylic acids is 1. The van der Waals surface area contributed by atoms with Gasteiger partial charge in [-0.1, -0.05) is 0 Å². The smallest absolute Gasteiger partial charge is 0.341 e. The molecule has 2 aliphatic heterocycles. The van der Waals surface area contributed by atoms with Crippen LogP contribution in [-0.4, -0.2) is 38.2 Å². The second-order valence-electron chi connectivity index (χ2n) is 8.27. The van der Waals surface area contributed by atoms with Gasteiger partial charge in [-0.15, -0.1) is 0 Å². The van der Waals surface area contributed by atoms with Gasteiger partial charge >= 0.3 is 12.5 Å². The lowest BCUT2D eigenvalue weighted by Crippen LogP contribution is -2.41. The highest BCUT2D eigenvalue weighted by Crippen LogP contribution is 2.47. The number of benzene rings is 1. The van der Waals surface area contributed by atoms with E-state index in [9.17, 15) is 23.5 Å². The van der Waals surface area contributed by atoms with Crippen molar-refractivity contribution in [2.75, 3.05) is 11.6 Å². The monoisotopic (exact) mass is 440 g/mol. The lowest BCUT2D eigenvalue weighted by molar-refractivity contribution is 0.0566. The number of pyridine rings is 1. The maximum absolute atomic E-state index is 13.1. The van der Waals surface area contributed by atoms with Gasteiger partial charge in [0.25, 0.3) is 0 Å². The van der Waals surface area contributed by atoms with Crippen molar-refractivity contribution in [2.24, 2.45) is 0 Å². The summed E-state index contributed by atoms with van der Waals surface area (Å²) in [6, 6.07) is 3.55. The molecule has 1 aromatic carbocycles. The summed E-state index contributed by atoms with van der Waals surface area (Å²) in [7, 11) is 0. The number of halogens is 2. The number of alkyl halides is 2. The molecule has 3 aromatic rings.